The smallest absolute Gasteiger partial charge is 0.236 e. The zero-order valence-electron chi connectivity index (χ0n) is 15.7. The van der Waals surface area contributed by atoms with Crippen molar-refractivity contribution in [3.8, 4) is 22.3 Å². The van der Waals surface area contributed by atoms with Crippen molar-refractivity contribution in [3.05, 3.63) is 53.7 Å². The van der Waals surface area contributed by atoms with E-state index in [1.165, 1.54) is 0 Å². The molecule has 0 saturated carbocycles. The molecule has 0 amide bonds. The minimum atomic E-state index is 0. The SMILES string of the molecule is CN=C(NCCOc1ccc(OC)cc1)NCc1coc(-c2cccs2)n1.I. The molecule has 28 heavy (non-hydrogen) atoms. The lowest BCUT2D eigenvalue weighted by Crippen LogP contribution is -2.38. The van der Waals surface area contributed by atoms with Crippen LogP contribution in [0.1, 0.15) is 5.69 Å². The van der Waals surface area contributed by atoms with Crippen molar-refractivity contribution < 1.29 is 13.9 Å². The molecule has 1 aromatic carbocycles. The third-order valence-corrected chi connectivity index (χ3v) is 4.52. The zero-order valence-corrected chi connectivity index (χ0v) is 18.8. The van der Waals surface area contributed by atoms with Gasteiger partial charge in [0.15, 0.2) is 5.96 Å². The highest BCUT2D eigenvalue weighted by Crippen LogP contribution is 2.23. The molecule has 3 aromatic rings. The molecule has 2 N–H and O–H groups in total. The Balaban J connectivity index is 0.00000280. The topological polar surface area (TPSA) is 80.9 Å². The molecule has 0 aliphatic carbocycles. The molecule has 2 aromatic heterocycles. The van der Waals surface area contributed by atoms with Crippen LogP contribution in [0.15, 0.2) is 57.5 Å². The Kier molecular flexibility index (Phi) is 9.08. The van der Waals surface area contributed by atoms with Crippen molar-refractivity contribution in [2.75, 3.05) is 27.3 Å². The number of aromatic nitrogens is 1. The van der Waals surface area contributed by atoms with E-state index >= 15 is 0 Å². The summed E-state index contributed by atoms with van der Waals surface area (Å²) >= 11 is 1.60. The highest BCUT2D eigenvalue weighted by Gasteiger charge is 2.08. The number of hydrogen-bond donors (Lipinski definition) is 2. The van der Waals surface area contributed by atoms with Crippen LogP contribution in [0.2, 0.25) is 0 Å². The van der Waals surface area contributed by atoms with Gasteiger partial charge in [0, 0.05) is 7.05 Å². The van der Waals surface area contributed by atoms with Gasteiger partial charge in [0.05, 0.1) is 30.8 Å². The quantitative estimate of drug-likeness (QED) is 0.206. The monoisotopic (exact) mass is 514 g/mol. The second-order valence-corrected chi connectivity index (χ2v) is 6.45. The number of nitrogens with zero attached hydrogens (tertiary/aromatic N) is 2. The number of hydrogen-bond acceptors (Lipinski definition) is 6. The van der Waals surface area contributed by atoms with Gasteiger partial charge in [-0.1, -0.05) is 6.07 Å². The minimum Gasteiger partial charge on any atom is -0.497 e. The molecule has 3 rings (SSSR count). The Morgan fingerprint density at radius 3 is 2.64 bits per heavy atom. The molecule has 150 valence electrons. The lowest BCUT2D eigenvalue weighted by molar-refractivity contribution is 0.321. The van der Waals surface area contributed by atoms with E-state index in [1.807, 2.05) is 41.8 Å². The Labute approximate surface area is 185 Å². The molecule has 0 fully saturated rings. The molecule has 9 heteroatoms. The summed E-state index contributed by atoms with van der Waals surface area (Å²) in [4.78, 5) is 9.68. The van der Waals surface area contributed by atoms with E-state index in [1.54, 1.807) is 31.8 Å². The van der Waals surface area contributed by atoms with Crippen LogP contribution in [-0.2, 0) is 6.54 Å². The first-order valence-corrected chi connectivity index (χ1v) is 9.36. The minimum absolute atomic E-state index is 0. The molecule has 2 heterocycles. The highest BCUT2D eigenvalue weighted by atomic mass is 127. The maximum absolute atomic E-state index is 5.68. The number of benzene rings is 1. The molecular weight excluding hydrogens is 491 g/mol. The van der Waals surface area contributed by atoms with Gasteiger partial charge in [0.25, 0.3) is 0 Å². The van der Waals surface area contributed by atoms with Gasteiger partial charge < -0.3 is 24.5 Å². The number of nitrogens with one attached hydrogen (secondary N) is 2. The lowest BCUT2D eigenvalue weighted by Gasteiger charge is -2.12. The number of oxazole rings is 1. The van der Waals surface area contributed by atoms with Crippen molar-refractivity contribution in [2.24, 2.45) is 4.99 Å². The number of rotatable bonds is 8. The summed E-state index contributed by atoms with van der Waals surface area (Å²) in [6.45, 7) is 1.65. The molecule has 0 radical (unpaired) electrons. The van der Waals surface area contributed by atoms with Crippen LogP contribution in [0.3, 0.4) is 0 Å². The number of guanidine groups is 1. The fourth-order valence-corrected chi connectivity index (χ4v) is 2.96. The van der Waals surface area contributed by atoms with Crippen LogP contribution in [0, 0.1) is 0 Å². The van der Waals surface area contributed by atoms with Gasteiger partial charge in [0.2, 0.25) is 5.89 Å². The molecule has 0 atom stereocenters. The van der Waals surface area contributed by atoms with Gasteiger partial charge in [-0.2, -0.15) is 0 Å². The van der Waals surface area contributed by atoms with Gasteiger partial charge in [-0.15, -0.1) is 35.3 Å². The van der Waals surface area contributed by atoms with Crippen LogP contribution >= 0.6 is 35.3 Å². The predicted molar refractivity (Wildman–Crippen MR) is 122 cm³/mol. The van der Waals surface area contributed by atoms with Crippen molar-refractivity contribution in [3.63, 3.8) is 0 Å². The van der Waals surface area contributed by atoms with Crippen molar-refractivity contribution in [1.82, 2.24) is 15.6 Å². The number of halogens is 1. The largest absolute Gasteiger partial charge is 0.497 e. The molecule has 0 spiro atoms. The van der Waals surface area contributed by atoms with E-state index in [9.17, 15) is 0 Å². The van der Waals surface area contributed by atoms with E-state index in [0.717, 1.165) is 22.1 Å². The van der Waals surface area contributed by atoms with Crippen LogP contribution < -0.4 is 20.1 Å². The second-order valence-electron chi connectivity index (χ2n) is 5.50. The van der Waals surface area contributed by atoms with Gasteiger partial charge >= 0.3 is 0 Å². The molecular formula is C19H23IN4O3S. The van der Waals surface area contributed by atoms with Gasteiger partial charge in [-0.25, -0.2) is 4.98 Å². The fourth-order valence-electron chi connectivity index (χ4n) is 2.31. The molecule has 7 nitrogen and oxygen atoms in total. The molecule has 0 unspecified atom stereocenters. The van der Waals surface area contributed by atoms with Crippen molar-refractivity contribution >= 4 is 41.3 Å². The third-order valence-electron chi connectivity index (χ3n) is 3.67. The number of methoxy groups -OCH3 is 1. The summed E-state index contributed by atoms with van der Waals surface area (Å²) in [5.41, 5.74) is 0.816. The normalized spacial score (nSPS) is 10.9. The van der Waals surface area contributed by atoms with Crippen LogP contribution in [0.5, 0.6) is 11.5 Å². The summed E-state index contributed by atoms with van der Waals surface area (Å²) in [5.74, 6) is 2.91. The van der Waals surface area contributed by atoms with Crippen molar-refractivity contribution in [1.29, 1.82) is 0 Å². The van der Waals surface area contributed by atoms with E-state index in [4.69, 9.17) is 13.9 Å². The van der Waals surface area contributed by atoms with Crippen LogP contribution in [0.4, 0.5) is 0 Å². The van der Waals surface area contributed by atoms with Crippen LogP contribution in [0.25, 0.3) is 10.8 Å². The third kappa shape index (κ3) is 6.41. The molecule has 0 aliphatic heterocycles. The van der Waals surface area contributed by atoms with Gasteiger partial charge in [-0.05, 0) is 35.7 Å². The van der Waals surface area contributed by atoms with E-state index in [2.05, 4.69) is 20.6 Å². The Bertz CT molecular complexity index is 850. The first kappa shape index (κ1) is 22.0. The average molecular weight is 514 g/mol. The first-order valence-electron chi connectivity index (χ1n) is 8.48. The highest BCUT2D eigenvalue weighted by molar-refractivity contribution is 14.0. The maximum Gasteiger partial charge on any atom is 0.236 e. The Morgan fingerprint density at radius 1 is 1.18 bits per heavy atom. The van der Waals surface area contributed by atoms with E-state index < -0.39 is 0 Å². The standard InChI is InChI=1S/C19H22N4O3S.HI/c1-20-19(21-9-10-25-16-7-5-15(24-2)6-8-16)22-12-14-13-26-18(23-14)17-4-3-11-27-17;/h3-8,11,13H,9-10,12H2,1-2H3,(H2,20,21,22);1H. The number of aliphatic imine (C=N–C) groups is 1. The Hall–Kier alpha value is -2.27. The summed E-state index contributed by atoms with van der Waals surface area (Å²) in [7, 11) is 3.36. The van der Waals surface area contributed by atoms with E-state index in [0.29, 0.717) is 31.5 Å². The molecule has 0 aliphatic rings. The summed E-state index contributed by atoms with van der Waals surface area (Å²) in [6.07, 6.45) is 1.65. The van der Waals surface area contributed by atoms with Gasteiger partial charge in [0.1, 0.15) is 24.4 Å². The first-order chi connectivity index (χ1) is 13.3. The average Bonchev–Trinajstić information content (AvgIpc) is 3.39. The fraction of sp³-hybridized carbons (Fsp3) is 0.263. The van der Waals surface area contributed by atoms with Crippen LogP contribution in [-0.4, -0.2) is 38.3 Å². The van der Waals surface area contributed by atoms with E-state index in [-0.39, 0.29) is 24.0 Å². The lowest BCUT2D eigenvalue weighted by atomic mass is 10.3. The second kappa shape index (κ2) is 11.5. The molecule has 0 bridgehead atoms. The predicted octanol–water partition coefficient (Wildman–Crippen LogP) is 3.77. The summed E-state index contributed by atoms with van der Waals surface area (Å²) in [6, 6.07) is 11.4. The summed E-state index contributed by atoms with van der Waals surface area (Å²) < 4.78 is 16.3. The molecule has 0 saturated heterocycles. The number of thiophene rings is 1. The zero-order chi connectivity index (χ0) is 18.9. The Morgan fingerprint density at radius 2 is 1.96 bits per heavy atom. The number of ether oxygens (including phenoxy) is 2. The maximum atomic E-state index is 5.68. The summed E-state index contributed by atoms with van der Waals surface area (Å²) in [5, 5.41) is 8.40. The van der Waals surface area contributed by atoms with Gasteiger partial charge in [-0.3, -0.25) is 4.99 Å². The van der Waals surface area contributed by atoms with Crippen molar-refractivity contribution in [2.45, 2.75) is 6.54 Å².